The van der Waals surface area contributed by atoms with Gasteiger partial charge in [-0.1, -0.05) is 13.0 Å². The Morgan fingerprint density at radius 2 is 2.29 bits per heavy atom. The van der Waals surface area contributed by atoms with Crippen LogP contribution in [-0.2, 0) is 14.3 Å². The van der Waals surface area contributed by atoms with Crippen molar-refractivity contribution in [1.82, 2.24) is 10.3 Å². The molecule has 1 aliphatic heterocycles. The molecule has 0 spiro atoms. The molecule has 1 amide bonds. The van der Waals surface area contributed by atoms with Crippen molar-refractivity contribution >= 4 is 12.0 Å². The van der Waals surface area contributed by atoms with E-state index in [0.717, 1.165) is 12.0 Å². The maximum Gasteiger partial charge on any atom is 0.244 e. The first-order valence-electron chi connectivity index (χ1n) is 7.21. The van der Waals surface area contributed by atoms with Crippen LogP contribution in [0.25, 0.3) is 6.08 Å². The molecule has 0 radical (unpaired) electrons. The first kappa shape index (κ1) is 15.7. The molecule has 5 nitrogen and oxygen atoms in total. The number of carbonyl (C=O) groups is 1. The van der Waals surface area contributed by atoms with Crippen molar-refractivity contribution in [2.45, 2.75) is 26.1 Å². The standard InChI is InChI=1S/C16H22N2O3/c1-13(10-16(2)20-8-9-21-16)11-18-15(19)6-5-14-4-3-7-17-12-14/h3-7,12-13H,8-11H2,1-2H3,(H,18,19)/b6-5-/t13-/m0/s1. The molecule has 21 heavy (non-hydrogen) atoms. The van der Waals surface area contributed by atoms with Crippen LogP contribution in [0.2, 0.25) is 0 Å². The zero-order valence-corrected chi connectivity index (χ0v) is 12.5. The molecule has 1 N–H and O–H groups in total. The molecule has 2 heterocycles. The van der Waals surface area contributed by atoms with E-state index >= 15 is 0 Å². The Labute approximate surface area is 125 Å². The lowest BCUT2D eigenvalue weighted by molar-refractivity contribution is -0.154. The van der Waals surface area contributed by atoms with Gasteiger partial charge in [0.25, 0.3) is 0 Å². The number of aromatic nitrogens is 1. The highest BCUT2D eigenvalue weighted by Crippen LogP contribution is 2.26. The van der Waals surface area contributed by atoms with E-state index in [2.05, 4.69) is 17.2 Å². The lowest BCUT2D eigenvalue weighted by atomic mass is 10.0. The summed E-state index contributed by atoms with van der Waals surface area (Å²) in [6.45, 7) is 5.90. The number of ether oxygens (including phenoxy) is 2. The van der Waals surface area contributed by atoms with Gasteiger partial charge in [0.05, 0.1) is 13.2 Å². The number of hydrogen-bond donors (Lipinski definition) is 1. The van der Waals surface area contributed by atoms with Gasteiger partial charge in [-0.3, -0.25) is 9.78 Å². The van der Waals surface area contributed by atoms with Crippen LogP contribution in [-0.4, -0.2) is 36.4 Å². The summed E-state index contributed by atoms with van der Waals surface area (Å²) in [6.07, 6.45) is 7.44. The number of rotatable bonds is 6. The van der Waals surface area contributed by atoms with Crippen LogP contribution in [0.5, 0.6) is 0 Å². The van der Waals surface area contributed by atoms with Gasteiger partial charge in [-0.25, -0.2) is 0 Å². The molecule has 0 bridgehead atoms. The zero-order chi connectivity index (χ0) is 15.1. The molecule has 1 aromatic heterocycles. The fraction of sp³-hybridized carbons (Fsp3) is 0.500. The predicted octanol–water partition coefficient (Wildman–Crippen LogP) is 2.00. The van der Waals surface area contributed by atoms with Crippen molar-refractivity contribution in [3.05, 3.63) is 36.2 Å². The first-order chi connectivity index (χ1) is 10.1. The summed E-state index contributed by atoms with van der Waals surface area (Å²) >= 11 is 0. The number of pyridine rings is 1. The molecule has 5 heteroatoms. The molecule has 1 saturated heterocycles. The van der Waals surface area contributed by atoms with Gasteiger partial charge in [0, 0.05) is 31.4 Å². The average molecular weight is 290 g/mol. The summed E-state index contributed by atoms with van der Waals surface area (Å²) < 4.78 is 11.1. The van der Waals surface area contributed by atoms with Gasteiger partial charge in [-0.15, -0.1) is 0 Å². The van der Waals surface area contributed by atoms with E-state index in [1.165, 1.54) is 6.08 Å². The van der Waals surface area contributed by atoms with Gasteiger partial charge in [0.1, 0.15) is 0 Å². The number of nitrogens with one attached hydrogen (secondary N) is 1. The van der Waals surface area contributed by atoms with Crippen molar-refractivity contribution in [2.75, 3.05) is 19.8 Å². The van der Waals surface area contributed by atoms with E-state index in [9.17, 15) is 4.79 Å². The van der Waals surface area contributed by atoms with E-state index in [1.54, 1.807) is 18.5 Å². The van der Waals surface area contributed by atoms with Crippen molar-refractivity contribution in [2.24, 2.45) is 5.92 Å². The van der Waals surface area contributed by atoms with Crippen LogP contribution in [0.15, 0.2) is 30.6 Å². The first-order valence-corrected chi connectivity index (χ1v) is 7.21. The lowest BCUT2D eigenvalue weighted by Crippen LogP contribution is -2.33. The Hall–Kier alpha value is -1.72. The van der Waals surface area contributed by atoms with E-state index in [0.29, 0.717) is 19.8 Å². The summed E-state index contributed by atoms with van der Waals surface area (Å²) in [4.78, 5) is 15.7. The summed E-state index contributed by atoms with van der Waals surface area (Å²) in [6, 6.07) is 3.73. The summed E-state index contributed by atoms with van der Waals surface area (Å²) in [5.41, 5.74) is 0.904. The van der Waals surface area contributed by atoms with Crippen LogP contribution in [0.3, 0.4) is 0 Å². The molecule has 2 rings (SSSR count). The second kappa shape index (κ2) is 7.33. The molecular weight excluding hydrogens is 268 g/mol. The third-order valence-electron chi connectivity index (χ3n) is 3.35. The number of carbonyl (C=O) groups excluding carboxylic acids is 1. The van der Waals surface area contributed by atoms with Crippen LogP contribution < -0.4 is 5.32 Å². The molecule has 0 saturated carbocycles. The van der Waals surface area contributed by atoms with Gasteiger partial charge >= 0.3 is 0 Å². The lowest BCUT2D eigenvalue weighted by Gasteiger charge is -2.25. The predicted molar refractivity (Wildman–Crippen MR) is 80.4 cm³/mol. The minimum absolute atomic E-state index is 0.107. The zero-order valence-electron chi connectivity index (χ0n) is 12.5. The maximum absolute atomic E-state index is 11.8. The molecule has 114 valence electrons. The van der Waals surface area contributed by atoms with Gasteiger partial charge in [-0.2, -0.15) is 0 Å². The third kappa shape index (κ3) is 5.28. The SMILES string of the molecule is C[C@H](CNC(=O)/C=C\c1cccnc1)CC1(C)OCCO1. The molecule has 1 aromatic rings. The van der Waals surface area contributed by atoms with Crippen molar-refractivity contribution in [1.29, 1.82) is 0 Å². The quantitative estimate of drug-likeness (QED) is 0.814. The van der Waals surface area contributed by atoms with Crippen molar-refractivity contribution in [3.8, 4) is 0 Å². The third-order valence-corrected chi connectivity index (χ3v) is 3.35. The topological polar surface area (TPSA) is 60.5 Å². The van der Waals surface area contributed by atoms with Crippen LogP contribution in [0, 0.1) is 5.92 Å². The van der Waals surface area contributed by atoms with Gasteiger partial charge < -0.3 is 14.8 Å². The molecule has 1 fully saturated rings. The van der Waals surface area contributed by atoms with Gasteiger partial charge in [0.15, 0.2) is 5.79 Å². The Kier molecular flexibility index (Phi) is 5.47. The molecule has 0 unspecified atom stereocenters. The largest absolute Gasteiger partial charge is 0.352 e. The second-order valence-electron chi connectivity index (χ2n) is 5.50. The fourth-order valence-electron chi connectivity index (χ4n) is 2.36. The number of amides is 1. The van der Waals surface area contributed by atoms with E-state index < -0.39 is 5.79 Å². The second-order valence-corrected chi connectivity index (χ2v) is 5.50. The van der Waals surface area contributed by atoms with Crippen molar-refractivity contribution < 1.29 is 14.3 Å². The average Bonchev–Trinajstić information content (AvgIpc) is 2.90. The summed E-state index contributed by atoms with van der Waals surface area (Å²) in [5.74, 6) is -0.330. The number of nitrogens with zero attached hydrogens (tertiary/aromatic N) is 1. The van der Waals surface area contributed by atoms with Crippen LogP contribution in [0.1, 0.15) is 25.8 Å². The van der Waals surface area contributed by atoms with Crippen LogP contribution >= 0.6 is 0 Å². The molecule has 0 aliphatic carbocycles. The number of hydrogen-bond acceptors (Lipinski definition) is 4. The van der Waals surface area contributed by atoms with Gasteiger partial charge in [0.2, 0.25) is 5.91 Å². The monoisotopic (exact) mass is 290 g/mol. The Bertz CT molecular complexity index is 482. The van der Waals surface area contributed by atoms with Crippen molar-refractivity contribution in [3.63, 3.8) is 0 Å². The minimum Gasteiger partial charge on any atom is -0.352 e. The highest BCUT2D eigenvalue weighted by molar-refractivity contribution is 5.91. The highest BCUT2D eigenvalue weighted by atomic mass is 16.7. The highest BCUT2D eigenvalue weighted by Gasteiger charge is 2.32. The van der Waals surface area contributed by atoms with E-state index in [1.807, 2.05) is 19.1 Å². The maximum atomic E-state index is 11.8. The van der Waals surface area contributed by atoms with E-state index in [4.69, 9.17) is 9.47 Å². The molecule has 1 atom stereocenters. The minimum atomic E-state index is -0.504. The normalized spacial score (nSPS) is 18.8. The summed E-state index contributed by atoms with van der Waals surface area (Å²) in [7, 11) is 0. The van der Waals surface area contributed by atoms with E-state index in [-0.39, 0.29) is 11.8 Å². The fourth-order valence-corrected chi connectivity index (χ4v) is 2.36. The van der Waals surface area contributed by atoms with Gasteiger partial charge in [-0.05, 0) is 30.5 Å². The molecule has 1 aliphatic rings. The Morgan fingerprint density at radius 3 is 2.95 bits per heavy atom. The summed E-state index contributed by atoms with van der Waals surface area (Å²) in [5, 5.41) is 2.89. The smallest absolute Gasteiger partial charge is 0.244 e. The Morgan fingerprint density at radius 1 is 1.52 bits per heavy atom. The molecular formula is C16H22N2O3. The molecule has 0 aromatic carbocycles. The Balaban J connectivity index is 1.72. The van der Waals surface area contributed by atoms with Crippen LogP contribution in [0.4, 0.5) is 0 Å².